The van der Waals surface area contributed by atoms with Crippen molar-refractivity contribution in [2.45, 2.75) is 69.4 Å². The molecule has 1 aliphatic carbocycles. The Morgan fingerprint density at radius 1 is 1.33 bits per heavy atom. The normalized spacial score (nSPS) is 47.3. The third kappa shape index (κ3) is 3.09. The average molecular weight is 412 g/mol. The van der Waals surface area contributed by atoms with Crippen molar-refractivity contribution in [1.29, 1.82) is 0 Å². The molecule has 2 fully saturated rings. The minimum Gasteiger partial charge on any atom is -0.423 e. The molecule has 6 heteroatoms. The average Bonchev–Trinajstić information content (AvgIpc) is 2.44. The van der Waals surface area contributed by atoms with Gasteiger partial charge in [0, 0.05) is 41.4 Å². The number of carbonyl (C=O) groups excluding carboxylic acids is 1. The van der Waals surface area contributed by atoms with E-state index in [0.29, 0.717) is 18.3 Å². The maximum atomic E-state index is 11.6. The molecule has 0 bridgehead atoms. The lowest BCUT2D eigenvalue weighted by molar-refractivity contribution is -0.430. The second-order valence-corrected chi connectivity index (χ2v) is 8.31. The molecule has 5 atom stereocenters. The standard InChI is InChI=1S/C15H25IO5/c1-10-6-5-8-13(3)12(10)7-9-14(4,21-18)20-15(13,16)19-11(2)17/h10,12,18H,5-9H2,1-4H3/t10?,12?,13-,14?,15?/m1/s1. The van der Waals surface area contributed by atoms with Crippen LogP contribution in [0.5, 0.6) is 0 Å². The molecule has 0 aromatic carbocycles. The molecule has 1 saturated heterocycles. The largest absolute Gasteiger partial charge is 0.423 e. The van der Waals surface area contributed by atoms with E-state index in [9.17, 15) is 10.1 Å². The van der Waals surface area contributed by atoms with Crippen molar-refractivity contribution >= 4 is 28.6 Å². The highest BCUT2D eigenvalue weighted by Gasteiger charge is 2.62. The second kappa shape index (κ2) is 5.94. The van der Waals surface area contributed by atoms with Gasteiger partial charge in [0.1, 0.15) is 0 Å². The van der Waals surface area contributed by atoms with Gasteiger partial charge in [-0.15, -0.1) is 0 Å². The Kier molecular flexibility index (Phi) is 4.93. The highest BCUT2D eigenvalue weighted by molar-refractivity contribution is 14.1. The van der Waals surface area contributed by atoms with E-state index in [4.69, 9.17) is 9.47 Å². The van der Waals surface area contributed by atoms with Crippen LogP contribution in [0.3, 0.4) is 0 Å². The van der Waals surface area contributed by atoms with Crippen molar-refractivity contribution in [3.63, 3.8) is 0 Å². The first kappa shape index (κ1) is 17.4. The van der Waals surface area contributed by atoms with E-state index >= 15 is 0 Å². The molecule has 1 heterocycles. The monoisotopic (exact) mass is 412 g/mol. The predicted octanol–water partition coefficient (Wildman–Crippen LogP) is 4.10. The summed E-state index contributed by atoms with van der Waals surface area (Å²) in [5, 5.41) is 9.26. The van der Waals surface area contributed by atoms with Gasteiger partial charge < -0.3 is 4.74 Å². The van der Waals surface area contributed by atoms with Crippen LogP contribution in [0.2, 0.25) is 0 Å². The Labute approximate surface area is 139 Å². The summed E-state index contributed by atoms with van der Waals surface area (Å²) in [5.41, 5.74) is -0.298. The molecule has 1 N–H and O–H groups in total. The van der Waals surface area contributed by atoms with Crippen molar-refractivity contribution in [3.05, 3.63) is 0 Å². The summed E-state index contributed by atoms with van der Waals surface area (Å²) < 4.78 is 10.5. The third-order valence-corrected chi connectivity index (χ3v) is 6.94. The third-order valence-electron chi connectivity index (χ3n) is 5.27. The van der Waals surface area contributed by atoms with Crippen molar-refractivity contribution in [1.82, 2.24) is 0 Å². The molecule has 21 heavy (non-hydrogen) atoms. The summed E-state index contributed by atoms with van der Waals surface area (Å²) in [6.45, 7) is 7.45. The fraction of sp³-hybridized carbons (Fsp3) is 0.933. The molecular weight excluding hydrogens is 387 g/mol. The number of ether oxygens (including phenoxy) is 2. The minimum absolute atomic E-state index is 0.298. The van der Waals surface area contributed by atoms with E-state index in [0.717, 1.165) is 19.3 Å². The summed E-state index contributed by atoms with van der Waals surface area (Å²) in [5.74, 6) is -0.654. The number of rotatable bonds is 2. The van der Waals surface area contributed by atoms with Crippen LogP contribution in [0, 0.1) is 17.3 Å². The zero-order chi connectivity index (χ0) is 15.9. The summed E-state index contributed by atoms with van der Waals surface area (Å²) >= 11 is 2.08. The number of halogens is 1. The molecule has 2 aliphatic rings. The van der Waals surface area contributed by atoms with Crippen LogP contribution in [0.1, 0.15) is 59.8 Å². The SMILES string of the molecule is CC(=O)OC1(I)OC(C)(OO)CCC2C(C)CCC[C@]21C. The van der Waals surface area contributed by atoms with Crippen molar-refractivity contribution in [2.24, 2.45) is 17.3 Å². The van der Waals surface area contributed by atoms with Gasteiger partial charge in [0.15, 0.2) is 0 Å². The van der Waals surface area contributed by atoms with Gasteiger partial charge in [-0.05, 0) is 31.6 Å². The molecule has 4 unspecified atom stereocenters. The Hall–Kier alpha value is 0.0800. The summed E-state index contributed by atoms with van der Waals surface area (Å²) in [6, 6.07) is 0. The van der Waals surface area contributed by atoms with E-state index in [1.165, 1.54) is 13.3 Å². The van der Waals surface area contributed by atoms with E-state index in [2.05, 4.69) is 41.3 Å². The number of hydrogen-bond donors (Lipinski definition) is 1. The zero-order valence-electron chi connectivity index (χ0n) is 13.1. The van der Waals surface area contributed by atoms with Crippen LogP contribution in [-0.2, 0) is 19.2 Å². The van der Waals surface area contributed by atoms with Crippen LogP contribution in [0.25, 0.3) is 0 Å². The molecule has 0 aromatic rings. The number of esters is 1. The van der Waals surface area contributed by atoms with Crippen LogP contribution in [0.15, 0.2) is 0 Å². The molecule has 122 valence electrons. The first-order valence-electron chi connectivity index (χ1n) is 7.57. The quantitative estimate of drug-likeness (QED) is 0.243. The van der Waals surface area contributed by atoms with E-state index < -0.39 is 9.58 Å². The molecule has 1 saturated carbocycles. The number of carbonyl (C=O) groups is 1. The van der Waals surface area contributed by atoms with Crippen LogP contribution in [-0.4, -0.2) is 20.8 Å². The summed E-state index contributed by atoms with van der Waals surface area (Å²) in [4.78, 5) is 16.2. The Morgan fingerprint density at radius 3 is 2.57 bits per heavy atom. The van der Waals surface area contributed by atoms with Crippen molar-refractivity contribution in [3.8, 4) is 0 Å². The maximum Gasteiger partial charge on any atom is 0.305 e. The van der Waals surface area contributed by atoms with Gasteiger partial charge in [-0.25, -0.2) is 10.1 Å². The predicted molar refractivity (Wildman–Crippen MR) is 85.6 cm³/mol. The summed E-state index contributed by atoms with van der Waals surface area (Å²) in [7, 11) is 0. The molecule has 0 radical (unpaired) electrons. The Morgan fingerprint density at radius 2 is 2.00 bits per heavy atom. The fourth-order valence-corrected chi connectivity index (χ4v) is 5.47. The van der Waals surface area contributed by atoms with Crippen LogP contribution >= 0.6 is 22.6 Å². The number of alkyl halides is 1. The Balaban J connectivity index is 2.46. The Bertz CT molecular complexity index is 417. The minimum atomic E-state index is -1.16. The lowest BCUT2D eigenvalue weighted by Gasteiger charge is -2.51. The van der Waals surface area contributed by atoms with Crippen molar-refractivity contribution < 1.29 is 24.4 Å². The second-order valence-electron chi connectivity index (χ2n) is 6.89. The van der Waals surface area contributed by atoms with Gasteiger partial charge >= 0.3 is 5.97 Å². The van der Waals surface area contributed by atoms with Gasteiger partial charge in [-0.2, -0.15) is 0 Å². The molecule has 0 spiro atoms. The van der Waals surface area contributed by atoms with Gasteiger partial charge in [0.25, 0.3) is 3.79 Å². The fourth-order valence-electron chi connectivity index (χ4n) is 4.03. The molecule has 0 aromatic heterocycles. The van der Waals surface area contributed by atoms with E-state index in [1.807, 2.05) is 0 Å². The first-order valence-corrected chi connectivity index (χ1v) is 8.65. The van der Waals surface area contributed by atoms with Gasteiger partial charge in [-0.1, -0.05) is 26.7 Å². The number of hydrogen-bond acceptors (Lipinski definition) is 5. The highest BCUT2D eigenvalue weighted by Crippen LogP contribution is 2.60. The lowest BCUT2D eigenvalue weighted by Crippen LogP contribution is -2.55. The summed E-state index contributed by atoms with van der Waals surface area (Å²) in [6.07, 6.45) is 4.63. The van der Waals surface area contributed by atoms with E-state index in [-0.39, 0.29) is 11.4 Å². The zero-order valence-corrected chi connectivity index (χ0v) is 15.3. The topological polar surface area (TPSA) is 65.0 Å². The van der Waals surface area contributed by atoms with Crippen molar-refractivity contribution in [2.75, 3.05) is 0 Å². The maximum absolute atomic E-state index is 11.6. The molecule has 2 rings (SSSR count). The van der Waals surface area contributed by atoms with Gasteiger partial charge in [0.05, 0.1) is 0 Å². The molecule has 0 amide bonds. The van der Waals surface area contributed by atoms with Gasteiger partial charge in [0.2, 0.25) is 5.79 Å². The van der Waals surface area contributed by atoms with E-state index in [1.54, 1.807) is 6.92 Å². The highest BCUT2D eigenvalue weighted by atomic mass is 127. The number of fused-ring (bicyclic) bond motifs is 1. The first-order chi connectivity index (χ1) is 9.66. The molecular formula is C15H25IO5. The lowest BCUT2D eigenvalue weighted by atomic mass is 9.61. The smallest absolute Gasteiger partial charge is 0.305 e. The van der Waals surface area contributed by atoms with Crippen LogP contribution in [0.4, 0.5) is 0 Å². The molecule has 1 aliphatic heterocycles. The van der Waals surface area contributed by atoms with Crippen LogP contribution < -0.4 is 0 Å². The van der Waals surface area contributed by atoms with Gasteiger partial charge in [-0.3, -0.25) is 9.53 Å². The molecule has 5 nitrogen and oxygen atoms in total.